The van der Waals surface area contributed by atoms with Crippen molar-refractivity contribution in [2.75, 3.05) is 19.6 Å². The van der Waals surface area contributed by atoms with E-state index in [0.29, 0.717) is 17.6 Å². The zero-order valence-corrected chi connectivity index (χ0v) is 10.1. The summed E-state index contributed by atoms with van der Waals surface area (Å²) in [6.45, 7) is 5.49. The molecule has 1 unspecified atom stereocenters. The molecule has 1 aromatic rings. The van der Waals surface area contributed by atoms with E-state index in [0.717, 1.165) is 26.1 Å². The predicted molar refractivity (Wildman–Crippen MR) is 61.8 cm³/mol. The summed E-state index contributed by atoms with van der Waals surface area (Å²) in [5.74, 6) is 0.819. The van der Waals surface area contributed by atoms with Gasteiger partial charge >= 0.3 is 5.97 Å². The minimum Gasteiger partial charge on any atom is -0.481 e. The molecule has 0 aromatic carbocycles. The highest BCUT2D eigenvalue weighted by Crippen LogP contribution is 2.20. The monoisotopic (exact) mass is 238 g/mol. The molecule has 1 fully saturated rings. The van der Waals surface area contributed by atoms with Crippen molar-refractivity contribution >= 4 is 5.97 Å². The molecule has 1 aromatic heterocycles. The number of rotatable bonds is 5. The molecular weight excluding hydrogens is 220 g/mol. The van der Waals surface area contributed by atoms with Gasteiger partial charge in [-0.05, 0) is 25.4 Å². The molecule has 2 heterocycles. The summed E-state index contributed by atoms with van der Waals surface area (Å²) in [6.07, 6.45) is 3.43. The zero-order chi connectivity index (χ0) is 12.3. The van der Waals surface area contributed by atoms with Crippen molar-refractivity contribution in [3.8, 4) is 0 Å². The van der Waals surface area contributed by atoms with Gasteiger partial charge in [-0.25, -0.2) is 4.98 Å². The van der Waals surface area contributed by atoms with Gasteiger partial charge in [-0.2, -0.15) is 0 Å². The fourth-order valence-electron chi connectivity index (χ4n) is 2.29. The van der Waals surface area contributed by atoms with Gasteiger partial charge in [-0.15, -0.1) is 0 Å². The second-order valence-electron chi connectivity index (χ2n) is 4.54. The number of carbonyl (C=O) groups is 1. The molecule has 0 saturated carbocycles. The maximum Gasteiger partial charge on any atom is 0.311 e. The fraction of sp³-hybridized carbons (Fsp3) is 0.667. The number of carboxylic acid groups (broad SMARTS) is 1. The van der Waals surface area contributed by atoms with Crippen molar-refractivity contribution in [2.24, 2.45) is 5.92 Å². The lowest BCUT2D eigenvalue weighted by atomic mass is 10.1. The summed E-state index contributed by atoms with van der Waals surface area (Å²) < 4.78 is 5.41. The number of hydrogen-bond acceptors (Lipinski definition) is 4. The Hall–Kier alpha value is -1.36. The number of aliphatic carboxylic acids is 1. The summed E-state index contributed by atoms with van der Waals surface area (Å²) in [5.41, 5.74) is 0. The van der Waals surface area contributed by atoms with E-state index in [1.165, 1.54) is 12.6 Å². The van der Waals surface area contributed by atoms with E-state index in [1.54, 1.807) is 0 Å². The van der Waals surface area contributed by atoms with Crippen LogP contribution in [0.3, 0.4) is 0 Å². The topological polar surface area (TPSA) is 66.6 Å². The molecule has 0 radical (unpaired) electrons. The van der Waals surface area contributed by atoms with E-state index >= 15 is 0 Å². The lowest BCUT2D eigenvalue weighted by molar-refractivity contribution is -0.136. The van der Waals surface area contributed by atoms with Crippen LogP contribution in [0.1, 0.15) is 25.0 Å². The molecule has 1 aliphatic rings. The van der Waals surface area contributed by atoms with E-state index in [2.05, 4.69) is 16.8 Å². The highest BCUT2D eigenvalue weighted by molar-refractivity contribution is 5.69. The Labute approximate surface area is 100 Å². The zero-order valence-electron chi connectivity index (χ0n) is 10.1. The molecule has 0 amide bonds. The molecule has 1 aliphatic heterocycles. The van der Waals surface area contributed by atoms with Gasteiger partial charge in [0.1, 0.15) is 12.2 Å². The lowest BCUT2D eigenvalue weighted by Gasteiger charge is -2.11. The molecule has 1 atom stereocenters. The fourth-order valence-corrected chi connectivity index (χ4v) is 2.29. The summed E-state index contributed by atoms with van der Waals surface area (Å²) in [4.78, 5) is 17.1. The number of hydrogen-bond donors (Lipinski definition) is 1. The van der Waals surface area contributed by atoms with Crippen molar-refractivity contribution in [2.45, 2.75) is 26.2 Å². The smallest absolute Gasteiger partial charge is 0.311 e. The Morgan fingerprint density at radius 2 is 2.53 bits per heavy atom. The van der Waals surface area contributed by atoms with Gasteiger partial charge in [0.15, 0.2) is 5.89 Å². The molecule has 0 spiro atoms. The maximum atomic E-state index is 10.5. The first-order chi connectivity index (χ1) is 8.17. The number of oxazole rings is 1. The molecule has 1 saturated heterocycles. The summed E-state index contributed by atoms with van der Waals surface area (Å²) in [6, 6.07) is 0. The van der Waals surface area contributed by atoms with E-state index in [4.69, 9.17) is 9.52 Å². The Bertz CT molecular complexity index is 389. The van der Waals surface area contributed by atoms with Gasteiger partial charge in [0.05, 0.1) is 6.20 Å². The third-order valence-electron chi connectivity index (χ3n) is 3.21. The van der Waals surface area contributed by atoms with Gasteiger partial charge in [0.2, 0.25) is 0 Å². The summed E-state index contributed by atoms with van der Waals surface area (Å²) >= 11 is 0. The molecule has 0 bridgehead atoms. The van der Waals surface area contributed by atoms with E-state index < -0.39 is 5.97 Å². The lowest BCUT2D eigenvalue weighted by Crippen LogP contribution is -2.20. The van der Waals surface area contributed by atoms with Crippen LogP contribution in [0.25, 0.3) is 0 Å². The first kappa shape index (κ1) is 12.1. The average molecular weight is 238 g/mol. The highest BCUT2D eigenvalue weighted by atomic mass is 16.4. The summed E-state index contributed by atoms with van der Waals surface area (Å²) in [7, 11) is 0. The van der Waals surface area contributed by atoms with Gasteiger partial charge < -0.3 is 14.4 Å². The van der Waals surface area contributed by atoms with Crippen LogP contribution < -0.4 is 0 Å². The van der Waals surface area contributed by atoms with Crippen LogP contribution in [0.15, 0.2) is 10.6 Å². The predicted octanol–water partition coefficient (Wildman–Crippen LogP) is 1.19. The quantitative estimate of drug-likeness (QED) is 0.834. The number of likely N-dealkylation sites (tertiary alicyclic amines) is 1. The molecule has 5 heteroatoms. The molecule has 1 N–H and O–H groups in total. The van der Waals surface area contributed by atoms with Gasteiger partial charge in [-0.1, -0.05) is 6.92 Å². The van der Waals surface area contributed by atoms with Crippen LogP contribution in [0.2, 0.25) is 0 Å². The second-order valence-corrected chi connectivity index (χ2v) is 4.54. The first-order valence-electron chi connectivity index (χ1n) is 6.05. The average Bonchev–Trinajstić information content (AvgIpc) is 2.88. The standard InChI is InChI=1S/C12H18N2O3/c1-2-14-4-3-9(8-14)5-11-13-7-10(17-11)6-12(15)16/h7,9H,2-6,8H2,1H3,(H,15,16). The van der Waals surface area contributed by atoms with Crippen LogP contribution >= 0.6 is 0 Å². The minimum atomic E-state index is -0.884. The van der Waals surface area contributed by atoms with E-state index in [-0.39, 0.29) is 6.42 Å². The Morgan fingerprint density at radius 3 is 3.18 bits per heavy atom. The number of aromatic nitrogens is 1. The van der Waals surface area contributed by atoms with Crippen molar-refractivity contribution in [3.63, 3.8) is 0 Å². The molecular formula is C12H18N2O3. The van der Waals surface area contributed by atoms with Crippen LogP contribution in [0, 0.1) is 5.92 Å². The van der Waals surface area contributed by atoms with Crippen LogP contribution in [0.4, 0.5) is 0 Å². The molecule has 94 valence electrons. The SMILES string of the molecule is CCN1CCC(Cc2ncc(CC(=O)O)o2)C1. The van der Waals surface area contributed by atoms with Crippen molar-refractivity contribution < 1.29 is 14.3 Å². The number of carboxylic acids is 1. The molecule has 0 aliphatic carbocycles. The van der Waals surface area contributed by atoms with Crippen molar-refractivity contribution in [1.29, 1.82) is 0 Å². The Balaban J connectivity index is 1.87. The Morgan fingerprint density at radius 1 is 1.71 bits per heavy atom. The van der Waals surface area contributed by atoms with E-state index in [9.17, 15) is 4.79 Å². The Kier molecular flexibility index (Phi) is 3.78. The molecule has 5 nitrogen and oxygen atoms in total. The molecule has 17 heavy (non-hydrogen) atoms. The minimum absolute atomic E-state index is 0.0846. The second kappa shape index (κ2) is 5.31. The largest absolute Gasteiger partial charge is 0.481 e. The third-order valence-corrected chi connectivity index (χ3v) is 3.21. The normalized spacial score (nSPS) is 20.9. The van der Waals surface area contributed by atoms with Gasteiger partial charge in [0, 0.05) is 13.0 Å². The van der Waals surface area contributed by atoms with Crippen molar-refractivity contribution in [3.05, 3.63) is 17.8 Å². The molecule has 2 rings (SSSR count). The van der Waals surface area contributed by atoms with E-state index in [1.807, 2.05) is 0 Å². The summed E-state index contributed by atoms with van der Waals surface area (Å²) in [5, 5.41) is 8.63. The van der Waals surface area contributed by atoms with Crippen molar-refractivity contribution in [1.82, 2.24) is 9.88 Å². The number of nitrogens with zero attached hydrogens (tertiary/aromatic N) is 2. The van der Waals surface area contributed by atoms with Gasteiger partial charge in [0.25, 0.3) is 0 Å². The first-order valence-corrected chi connectivity index (χ1v) is 6.05. The van der Waals surface area contributed by atoms with Gasteiger partial charge in [-0.3, -0.25) is 4.79 Å². The highest BCUT2D eigenvalue weighted by Gasteiger charge is 2.23. The van der Waals surface area contributed by atoms with Crippen LogP contribution in [-0.2, 0) is 17.6 Å². The maximum absolute atomic E-state index is 10.5. The third kappa shape index (κ3) is 3.30. The van der Waals surface area contributed by atoms with Crippen LogP contribution in [-0.4, -0.2) is 40.6 Å². The van der Waals surface area contributed by atoms with Crippen LogP contribution in [0.5, 0.6) is 0 Å².